The molecule has 1 aromatic heterocycles. The molecule has 0 bridgehead atoms. The Kier molecular flexibility index (Phi) is 7.85. The quantitative estimate of drug-likeness (QED) is 0.370. The Labute approximate surface area is 212 Å². The molecule has 0 saturated heterocycles. The van der Waals surface area contributed by atoms with Gasteiger partial charge in [-0.25, -0.2) is 4.79 Å². The predicted octanol–water partition coefficient (Wildman–Crippen LogP) is 5.46. The standard InChI is InChI=1S/C30H35NO5/c1-19(30(33)34)11-21-9-10-31(17-21)18-26(14-22-12-23-7-5-6-8-24(23)13-22)29(32)25-15-27(35-3)20(2)28(16-25)36-4/h5-11,15-17,22,26,29,32H,12-14,18H2,1-4H3,(H,33,34)/t26-,29+/m0/s1. The van der Waals surface area contributed by atoms with Gasteiger partial charge in [-0.05, 0) is 85.6 Å². The van der Waals surface area contributed by atoms with Crippen LogP contribution in [0.15, 0.2) is 60.4 Å². The fraction of sp³-hybridized carbons (Fsp3) is 0.367. The summed E-state index contributed by atoms with van der Waals surface area (Å²) in [6.45, 7) is 4.13. The Hall–Kier alpha value is -3.51. The van der Waals surface area contributed by atoms with E-state index in [0.717, 1.165) is 36.0 Å². The van der Waals surface area contributed by atoms with Crippen molar-refractivity contribution >= 4 is 12.0 Å². The van der Waals surface area contributed by atoms with Gasteiger partial charge in [-0.1, -0.05) is 24.3 Å². The molecule has 0 saturated carbocycles. The number of aromatic nitrogens is 1. The van der Waals surface area contributed by atoms with Gasteiger partial charge >= 0.3 is 5.97 Å². The van der Waals surface area contributed by atoms with E-state index in [4.69, 9.17) is 9.47 Å². The molecule has 1 aliphatic rings. The van der Waals surface area contributed by atoms with Crippen molar-refractivity contribution in [2.45, 2.75) is 45.8 Å². The molecule has 2 aromatic carbocycles. The lowest BCUT2D eigenvalue weighted by molar-refractivity contribution is -0.132. The average molecular weight is 490 g/mol. The molecule has 0 spiro atoms. The summed E-state index contributed by atoms with van der Waals surface area (Å²) in [4.78, 5) is 11.2. The van der Waals surface area contributed by atoms with Gasteiger partial charge in [0.25, 0.3) is 0 Å². The van der Waals surface area contributed by atoms with Crippen LogP contribution in [0.4, 0.5) is 0 Å². The number of ether oxygens (including phenoxy) is 2. The Bertz CT molecular complexity index is 1210. The topological polar surface area (TPSA) is 80.9 Å². The molecule has 0 unspecified atom stereocenters. The van der Waals surface area contributed by atoms with E-state index in [-0.39, 0.29) is 11.5 Å². The first-order chi connectivity index (χ1) is 17.3. The Balaban J connectivity index is 1.62. The number of carboxylic acids is 1. The molecule has 1 aliphatic carbocycles. The lowest BCUT2D eigenvalue weighted by atomic mass is 9.85. The number of hydrogen-bond acceptors (Lipinski definition) is 4. The van der Waals surface area contributed by atoms with Crippen molar-refractivity contribution < 1.29 is 24.5 Å². The highest BCUT2D eigenvalue weighted by molar-refractivity contribution is 5.91. The van der Waals surface area contributed by atoms with Crippen LogP contribution in [0.3, 0.4) is 0 Å². The van der Waals surface area contributed by atoms with Crippen LogP contribution < -0.4 is 9.47 Å². The van der Waals surface area contributed by atoms with E-state index in [1.54, 1.807) is 27.2 Å². The second-order valence-electron chi connectivity index (χ2n) is 9.81. The van der Waals surface area contributed by atoms with Gasteiger partial charge in [0.05, 0.1) is 20.3 Å². The normalized spacial score (nSPS) is 15.4. The van der Waals surface area contributed by atoms with Gasteiger partial charge in [0.15, 0.2) is 0 Å². The number of aliphatic carboxylic acids is 1. The molecule has 0 amide bonds. The van der Waals surface area contributed by atoms with E-state index >= 15 is 0 Å². The third-order valence-electron chi connectivity index (χ3n) is 7.27. The van der Waals surface area contributed by atoms with Crippen LogP contribution in [0.1, 0.15) is 47.3 Å². The number of hydrogen-bond donors (Lipinski definition) is 2. The minimum absolute atomic E-state index is 0.0637. The van der Waals surface area contributed by atoms with E-state index in [0.29, 0.717) is 24.0 Å². The number of benzene rings is 2. The van der Waals surface area contributed by atoms with E-state index in [9.17, 15) is 15.0 Å². The molecule has 36 heavy (non-hydrogen) atoms. The van der Waals surface area contributed by atoms with Gasteiger partial charge in [-0.3, -0.25) is 0 Å². The van der Waals surface area contributed by atoms with Crippen LogP contribution >= 0.6 is 0 Å². The highest BCUT2D eigenvalue weighted by Crippen LogP contribution is 2.39. The molecule has 0 radical (unpaired) electrons. The number of fused-ring (bicyclic) bond motifs is 1. The molecule has 0 aliphatic heterocycles. The molecular formula is C30H35NO5. The SMILES string of the molecule is COc1cc([C@@H](O)[C@@H](CC2Cc3ccccc3C2)Cn2ccc(C=C(C)C(=O)O)c2)cc(OC)c1C. The maximum Gasteiger partial charge on any atom is 0.331 e. The number of methoxy groups -OCH3 is 2. The van der Waals surface area contributed by atoms with Gasteiger partial charge in [-0.2, -0.15) is 0 Å². The van der Waals surface area contributed by atoms with Crippen LogP contribution in [0.2, 0.25) is 0 Å². The summed E-state index contributed by atoms with van der Waals surface area (Å²) in [5.41, 5.74) is 5.57. The number of carbonyl (C=O) groups is 1. The zero-order valence-electron chi connectivity index (χ0n) is 21.4. The van der Waals surface area contributed by atoms with E-state index in [1.165, 1.54) is 11.1 Å². The predicted molar refractivity (Wildman–Crippen MR) is 140 cm³/mol. The van der Waals surface area contributed by atoms with Gasteiger partial charge in [-0.15, -0.1) is 0 Å². The third-order valence-corrected chi connectivity index (χ3v) is 7.27. The minimum Gasteiger partial charge on any atom is -0.496 e. The summed E-state index contributed by atoms with van der Waals surface area (Å²) in [6.07, 6.45) is 7.69. The smallest absolute Gasteiger partial charge is 0.331 e. The highest BCUT2D eigenvalue weighted by Gasteiger charge is 2.30. The first-order valence-electron chi connectivity index (χ1n) is 12.3. The molecule has 3 aromatic rings. The van der Waals surface area contributed by atoms with Crippen LogP contribution in [0.5, 0.6) is 11.5 Å². The van der Waals surface area contributed by atoms with Crippen molar-refractivity contribution in [2.75, 3.05) is 14.2 Å². The maximum absolute atomic E-state index is 11.7. The maximum atomic E-state index is 11.7. The Morgan fingerprint density at radius 2 is 1.72 bits per heavy atom. The van der Waals surface area contributed by atoms with Crippen LogP contribution in [0, 0.1) is 18.8 Å². The molecule has 190 valence electrons. The molecule has 2 atom stereocenters. The minimum atomic E-state index is -0.931. The monoisotopic (exact) mass is 489 g/mol. The second kappa shape index (κ2) is 11.0. The first-order valence-corrected chi connectivity index (χ1v) is 12.3. The number of aliphatic hydroxyl groups is 1. The molecular weight excluding hydrogens is 454 g/mol. The Morgan fingerprint density at radius 3 is 2.28 bits per heavy atom. The van der Waals surface area contributed by atoms with E-state index < -0.39 is 12.1 Å². The van der Waals surface area contributed by atoms with Gasteiger partial charge in [0, 0.05) is 36.0 Å². The van der Waals surface area contributed by atoms with Gasteiger partial charge in [0.1, 0.15) is 11.5 Å². The molecule has 4 rings (SSSR count). The van der Waals surface area contributed by atoms with Gasteiger partial charge < -0.3 is 24.3 Å². The summed E-state index contributed by atoms with van der Waals surface area (Å²) in [5, 5.41) is 20.9. The van der Waals surface area contributed by atoms with Crippen molar-refractivity contribution in [3.05, 3.63) is 88.2 Å². The Morgan fingerprint density at radius 1 is 1.11 bits per heavy atom. The fourth-order valence-electron chi connectivity index (χ4n) is 5.34. The zero-order valence-corrected chi connectivity index (χ0v) is 21.4. The van der Waals surface area contributed by atoms with Crippen molar-refractivity contribution in [3.63, 3.8) is 0 Å². The first kappa shape index (κ1) is 25.6. The number of rotatable bonds is 10. The van der Waals surface area contributed by atoms with E-state index in [1.807, 2.05) is 42.1 Å². The van der Waals surface area contributed by atoms with Crippen LogP contribution in [-0.2, 0) is 24.2 Å². The molecule has 2 N–H and O–H groups in total. The van der Waals surface area contributed by atoms with Crippen molar-refractivity contribution in [2.24, 2.45) is 11.8 Å². The third kappa shape index (κ3) is 5.65. The second-order valence-corrected chi connectivity index (χ2v) is 9.81. The van der Waals surface area contributed by atoms with Crippen molar-refractivity contribution in [1.29, 1.82) is 0 Å². The average Bonchev–Trinajstić information content (AvgIpc) is 3.49. The molecule has 6 heteroatoms. The number of aliphatic hydroxyl groups excluding tert-OH is 1. The van der Waals surface area contributed by atoms with Crippen molar-refractivity contribution in [1.82, 2.24) is 4.57 Å². The van der Waals surface area contributed by atoms with E-state index in [2.05, 4.69) is 24.3 Å². The van der Waals surface area contributed by atoms with Crippen LogP contribution in [0.25, 0.3) is 6.08 Å². The largest absolute Gasteiger partial charge is 0.496 e. The summed E-state index contributed by atoms with van der Waals surface area (Å²) in [6, 6.07) is 14.3. The summed E-state index contributed by atoms with van der Waals surface area (Å²) in [5.74, 6) is 0.826. The summed E-state index contributed by atoms with van der Waals surface area (Å²) >= 11 is 0. The van der Waals surface area contributed by atoms with Crippen molar-refractivity contribution in [3.8, 4) is 11.5 Å². The molecule has 6 nitrogen and oxygen atoms in total. The number of carboxylic acid groups (broad SMARTS) is 1. The summed E-state index contributed by atoms with van der Waals surface area (Å²) < 4.78 is 13.2. The highest BCUT2D eigenvalue weighted by atomic mass is 16.5. The zero-order chi connectivity index (χ0) is 25.8. The molecule has 0 fully saturated rings. The molecule has 1 heterocycles. The number of nitrogens with zero attached hydrogens (tertiary/aromatic N) is 1. The van der Waals surface area contributed by atoms with Crippen LogP contribution in [-0.4, -0.2) is 35.0 Å². The lowest BCUT2D eigenvalue weighted by Gasteiger charge is -2.27. The fourth-order valence-corrected chi connectivity index (χ4v) is 5.34. The lowest BCUT2D eigenvalue weighted by Crippen LogP contribution is -2.22. The van der Waals surface area contributed by atoms with Gasteiger partial charge in [0.2, 0.25) is 0 Å². The summed E-state index contributed by atoms with van der Waals surface area (Å²) in [7, 11) is 3.25.